The number of ether oxygens (including phenoxy) is 15. The number of aromatic amines is 3. The number of methoxy groups -OCH3 is 5. The topological polar surface area (TPSA) is 701 Å². The lowest BCUT2D eigenvalue weighted by Crippen LogP contribution is -2.42. The zero-order chi connectivity index (χ0) is 93.2. The number of H-pyrrole nitrogens is 3. The predicted octanol–water partition coefficient (Wildman–Crippen LogP) is -0.940. The molecular weight excluding hydrogens is 1880 g/mol. The molecule has 25 atom stereocenters. The Morgan fingerprint density at radius 3 is 0.946 bits per heavy atom. The van der Waals surface area contributed by atoms with Gasteiger partial charge in [0, 0.05) is 77.9 Å². The van der Waals surface area contributed by atoms with E-state index in [0.717, 1.165) is 45.7 Å². The number of aliphatic hydroxyl groups excluding tert-OH is 1. The SMILES string of the molecule is COCCO[C@H]1C(OP(=O)(O)OC[C@H]2O[C@@H](n3cc(C)c(=O)[nH]c3=O)[C@@H](OCCOC)C2OP(=O)(S)OC)[C@@H](COP(=O)(O)OC2[C@@H](COP(=O)(O)OC3[C@@H](COP(=O)(S)OC4[C@@H](CO)O[C@@H](n5cnc6c(N)ncnc65)[C@H]4OCCOC)O[C@@H](n4cnc5c(N)ncnc54)[C@H]3OCCOC)O[C@@H](n3cc(C)c(=O)[nH]c3=O)[C@H]2OCCOC)O[C@H]1n1cc(C)c(=O)[nH]c1=O. The molecule has 0 spiro atoms. The number of fused-ring (bicyclic) bond motifs is 2. The Balaban J connectivity index is 0.850. The van der Waals surface area contributed by atoms with Crippen LogP contribution in [0.2, 0.25) is 0 Å². The smallest absolute Gasteiger partial charge is 0.394 e. The standard InChI is InChI=1S/C66H97N16O40P5S2/c1-32-20-78(64(87)75-56(32)84)59-48(105-16-11-99-5)43(118-123(90,91)109-24-36-44(49(106-17-12-100-6)60(114-36)79-21-33(2)57(85)76-65(79)88)119-125(94,95)111-26-38-46(121-126(96,128)103-9)51(108-19-14-102-8)61(116-38)80-22-34(3)58(86)77-66(80)89)37(115-59)25-110-124(92,93)120-45-39(117-63(50(45)107-18-13-101-7)82-31-74-41-53(68)70-29-72-55(41)82)27-112-127(97,129)122-42-35(23-83)113-62(47(42)104-15-10-98-4)81-30-73-40-52(67)69-28-71-54(40)81/h20-22,28-31,35-39,42-51,59-63,83H,10-19,23-27H2,1-9H3,(H,90,91)(H,92,93)(H,94,95)(H,96,128)(H,97,129)(H2,67,69,71)(H2,68,70,72)(H,75,84,87)(H,76,85,88)(H,77,86,89)/t35-,36-,37-,38-,39-,42?,43?,44?,45?,46?,47+,48+,49+,50+,51+,59-,60-,61-,62-,63-,126?,127?/m1/s1. The van der Waals surface area contributed by atoms with Crippen LogP contribution < -0.4 is 45.2 Å². The molecule has 12 rings (SSSR count). The number of nitrogens with zero attached hydrogens (tertiary/aromatic N) is 11. The van der Waals surface area contributed by atoms with Crippen LogP contribution in [-0.4, -0.2) is 321 Å². The molecule has 5 fully saturated rings. The quantitative estimate of drug-likeness (QED) is 0.0125. The number of aliphatic hydroxyl groups is 1. The van der Waals surface area contributed by atoms with Gasteiger partial charge in [-0.05, 0) is 20.8 Å². The average Bonchev–Trinajstić information content (AvgIpc) is 1.62. The van der Waals surface area contributed by atoms with Crippen LogP contribution in [0.15, 0.2) is 72.7 Å². The molecule has 0 aliphatic carbocycles. The lowest BCUT2D eigenvalue weighted by molar-refractivity contribution is -0.0854. The highest BCUT2D eigenvalue weighted by atomic mass is 32.7. The molecule has 5 aliphatic rings. The Bertz CT molecular complexity index is 5640. The van der Waals surface area contributed by atoms with Gasteiger partial charge in [-0.25, -0.2) is 67.1 Å². The van der Waals surface area contributed by atoms with Crippen molar-refractivity contribution in [2.75, 3.05) is 153 Å². The van der Waals surface area contributed by atoms with E-state index in [1.54, 1.807) is 0 Å². The second-order valence-electron chi connectivity index (χ2n) is 28.8. The number of nitrogen functional groups attached to an aromatic ring is 2. The van der Waals surface area contributed by atoms with Crippen molar-refractivity contribution in [3.8, 4) is 0 Å². The molecule has 0 amide bonds. The Morgan fingerprint density at radius 2 is 0.651 bits per heavy atom. The number of imidazole rings is 2. The van der Waals surface area contributed by atoms with Gasteiger partial charge < -0.3 is 107 Å². The number of rotatable bonds is 49. The molecule has 129 heavy (non-hydrogen) atoms. The molecule has 0 aromatic carbocycles. The van der Waals surface area contributed by atoms with Crippen molar-refractivity contribution in [1.29, 1.82) is 0 Å². The summed E-state index contributed by atoms with van der Waals surface area (Å²) in [4.78, 5) is 148. The summed E-state index contributed by atoms with van der Waals surface area (Å²) in [5, 5.41) is 10.8. The van der Waals surface area contributed by atoms with Gasteiger partial charge in [0.05, 0.1) is 112 Å². The number of phosphoric ester groups is 3. The van der Waals surface area contributed by atoms with Gasteiger partial charge in [0.1, 0.15) is 115 Å². The maximum Gasteiger partial charge on any atom is 0.472 e. The van der Waals surface area contributed by atoms with Gasteiger partial charge in [0.15, 0.2) is 54.1 Å². The molecule has 63 heteroatoms. The van der Waals surface area contributed by atoms with Crippen molar-refractivity contribution in [3.63, 3.8) is 0 Å². The normalized spacial score (nSPS) is 29.0. The van der Waals surface area contributed by atoms with Gasteiger partial charge in [0.25, 0.3) is 16.7 Å². The molecular formula is C66H97N16O40P5S2. The molecule has 0 bridgehead atoms. The van der Waals surface area contributed by atoms with Crippen LogP contribution in [0.3, 0.4) is 0 Å². The zero-order valence-corrected chi connectivity index (χ0v) is 76.1. The fourth-order valence-electron chi connectivity index (χ4n) is 14.2. The van der Waals surface area contributed by atoms with Gasteiger partial charge in [0.2, 0.25) is 0 Å². The van der Waals surface area contributed by atoms with Crippen LogP contribution in [0.25, 0.3) is 22.3 Å². The molecule has 0 saturated carbocycles. The van der Waals surface area contributed by atoms with Crippen molar-refractivity contribution in [2.24, 2.45) is 0 Å². The summed E-state index contributed by atoms with van der Waals surface area (Å²) in [6, 6.07) is 0. The first-order valence-electron chi connectivity index (χ1n) is 38.8. The Labute approximate surface area is 738 Å². The second kappa shape index (κ2) is 44.3. The van der Waals surface area contributed by atoms with Crippen LogP contribution in [-0.2, 0) is 139 Å². The number of aromatic nitrogens is 14. The summed E-state index contributed by atoms with van der Waals surface area (Å²) in [5.41, 5.74) is 6.57. The molecule has 5 aliphatic heterocycles. The van der Waals surface area contributed by atoms with Crippen LogP contribution in [0.5, 0.6) is 0 Å². The van der Waals surface area contributed by atoms with Crippen LogP contribution in [0, 0.1) is 20.8 Å². The van der Waals surface area contributed by atoms with Gasteiger partial charge >= 0.3 is 54.1 Å². The summed E-state index contributed by atoms with van der Waals surface area (Å²) in [6.07, 6.45) is -26.8. The van der Waals surface area contributed by atoms with Gasteiger partial charge in [-0.15, -0.1) is 0 Å². The molecule has 7 aromatic rings. The molecule has 7 aromatic heterocycles. The lowest BCUT2D eigenvalue weighted by Gasteiger charge is -2.29. The number of aryl methyl sites for hydroxylation is 3. The summed E-state index contributed by atoms with van der Waals surface area (Å²) in [7, 11) is -10.1. The van der Waals surface area contributed by atoms with E-state index in [1.807, 2.05) is 0 Å². The highest BCUT2D eigenvalue weighted by molar-refractivity contribution is 8.44. The summed E-state index contributed by atoms with van der Waals surface area (Å²) in [5.74, 6) is -0.0860. The lowest BCUT2D eigenvalue weighted by atomic mass is 10.1. The highest BCUT2D eigenvalue weighted by Crippen LogP contribution is 2.60. The maximum absolute atomic E-state index is 15.2. The number of phosphoric acid groups is 3. The highest BCUT2D eigenvalue weighted by Gasteiger charge is 2.59. The van der Waals surface area contributed by atoms with Crippen molar-refractivity contribution in [2.45, 2.75) is 143 Å². The number of nitrogens with one attached hydrogen (secondary N) is 3. The molecule has 5 saturated heterocycles. The van der Waals surface area contributed by atoms with Crippen molar-refractivity contribution < 1.29 is 159 Å². The molecule has 718 valence electrons. The number of nitrogens with two attached hydrogens (primary N) is 2. The van der Waals surface area contributed by atoms with Crippen LogP contribution in [0.1, 0.15) is 47.8 Å². The van der Waals surface area contributed by atoms with E-state index in [0.29, 0.717) is 0 Å². The van der Waals surface area contributed by atoms with Crippen molar-refractivity contribution >= 4 is 95.5 Å². The van der Waals surface area contributed by atoms with E-state index in [2.05, 4.69) is 69.4 Å². The van der Waals surface area contributed by atoms with E-state index in [4.69, 9.17) is 128 Å². The van der Waals surface area contributed by atoms with E-state index in [-0.39, 0.29) is 104 Å². The van der Waals surface area contributed by atoms with Crippen molar-refractivity contribution in [1.82, 2.24) is 67.7 Å². The number of anilines is 2. The number of hydrogen-bond donors (Lipinski definition) is 11. The Kier molecular flexibility index (Phi) is 34.8. The molecule has 0 radical (unpaired) electrons. The minimum atomic E-state index is -5.98. The van der Waals surface area contributed by atoms with E-state index >= 15 is 9.13 Å². The van der Waals surface area contributed by atoms with Crippen LogP contribution in [0.4, 0.5) is 11.6 Å². The van der Waals surface area contributed by atoms with Gasteiger partial charge in [-0.2, -0.15) is 0 Å². The number of hydrogen-bond acceptors (Lipinski definition) is 45. The van der Waals surface area contributed by atoms with Gasteiger partial charge in [-0.3, -0.25) is 92.9 Å². The Hall–Kier alpha value is -6.57. The first-order chi connectivity index (χ1) is 61.4. The minimum Gasteiger partial charge on any atom is -0.394 e. The fourth-order valence-corrected chi connectivity index (χ4v) is 19.6. The third kappa shape index (κ3) is 24.4. The second-order valence-corrected chi connectivity index (χ2v) is 38.9. The third-order valence-electron chi connectivity index (χ3n) is 20.3. The minimum absolute atomic E-state index is 0.00587. The monoisotopic (exact) mass is 1970 g/mol. The van der Waals surface area contributed by atoms with E-state index in [9.17, 15) is 62.2 Å². The fraction of sp³-hybridized carbons (Fsp3) is 0.667. The average molecular weight is 1970 g/mol. The predicted molar refractivity (Wildman–Crippen MR) is 440 cm³/mol. The number of thiol groups is 2. The van der Waals surface area contributed by atoms with E-state index in [1.165, 1.54) is 84.4 Å². The van der Waals surface area contributed by atoms with Gasteiger partial charge in [-0.1, -0.05) is 24.5 Å². The van der Waals surface area contributed by atoms with Crippen molar-refractivity contribution in [3.05, 3.63) is 123 Å². The third-order valence-corrected chi connectivity index (χ3v) is 26.6. The molecule has 10 unspecified atom stereocenters. The summed E-state index contributed by atoms with van der Waals surface area (Å²) in [6.45, 7) is -13.1. The molecule has 11 N–H and O–H groups in total. The largest absolute Gasteiger partial charge is 0.472 e. The molecule has 12 heterocycles. The van der Waals surface area contributed by atoms with Crippen LogP contribution >= 0.6 is 61.6 Å². The maximum atomic E-state index is 15.2. The molecule has 56 nitrogen and oxygen atoms in total. The first-order valence-corrected chi connectivity index (χ1v) is 48.7. The first kappa shape index (κ1) is 101. The Morgan fingerprint density at radius 1 is 0.380 bits per heavy atom. The summed E-state index contributed by atoms with van der Waals surface area (Å²) < 4.78 is 225. The summed E-state index contributed by atoms with van der Waals surface area (Å²) >= 11 is 8.36. The van der Waals surface area contributed by atoms with E-state index < -0.39 is 240 Å². The zero-order valence-electron chi connectivity index (χ0n) is 69.9.